The van der Waals surface area contributed by atoms with Gasteiger partial charge in [0.05, 0.1) is 26.7 Å². The van der Waals surface area contributed by atoms with Crippen molar-refractivity contribution in [2.75, 3.05) is 39.8 Å². The highest BCUT2D eigenvalue weighted by atomic mass is 32.1. The van der Waals surface area contributed by atoms with Gasteiger partial charge in [-0.2, -0.15) is 0 Å². The van der Waals surface area contributed by atoms with Crippen molar-refractivity contribution in [1.29, 1.82) is 0 Å². The highest BCUT2D eigenvalue weighted by Crippen LogP contribution is 2.40. The lowest BCUT2D eigenvalue weighted by Crippen LogP contribution is -2.91. The number of benzene rings is 1. The van der Waals surface area contributed by atoms with Crippen molar-refractivity contribution in [2.45, 2.75) is 30.7 Å². The van der Waals surface area contributed by atoms with Crippen molar-refractivity contribution in [3.8, 4) is 0 Å². The number of nitrogens with zero attached hydrogens (tertiary/aromatic N) is 1. The molecule has 7 N–H and O–H groups in total. The van der Waals surface area contributed by atoms with Crippen molar-refractivity contribution >= 4 is 22.4 Å². The van der Waals surface area contributed by atoms with Crippen molar-refractivity contribution < 1.29 is 25.7 Å². The number of nitrogens with two attached hydrogens (primary N) is 3. The number of hydrogen-bond acceptors (Lipinski definition) is 2. The summed E-state index contributed by atoms with van der Waals surface area (Å²) >= 11 is 1.88. The first-order valence-corrected chi connectivity index (χ1v) is 11.8. The third-order valence-corrected chi connectivity index (χ3v) is 8.70. The Bertz CT molecular complexity index is 877. The summed E-state index contributed by atoms with van der Waals surface area (Å²) in [4.78, 5) is 20.9. The predicted octanol–water partition coefficient (Wildman–Crippen LogP) is -1.70. The van der Waals surface area contributed by atoms with Gasteiger partial charge < -0.3 is 15.5 Å². The van der Waals surface area contributed by atoms with Crippen LogP contribution in [0, 0.1) is 5.92 Å². The highest BCUT2D eigenvalue weighted by molar-refractivity contribution is 7.14. The molecule has 2 aromatic rings. The number of nitrogens with one attached hydrogen (secondary N) is 1. The largest absolute Gasteiger partial charge is 0.425 e. The van der Waals surface area contributed by atoms with E-state index in [0.717, 1.165) is 52.1 Å². The maximum absolute atomic E-state index is 13.7. The second-order valence-corrected chi connectivity index (χ2v) is 9.88. The van der Waals surface area contributed by atoms with Gasteiger partial charge in [0.1, 0.15) is 16.2 Å². The molecule has 6 nitrogen and oxygen atoms in total. The predicted molar refractivity (Wildman–Crippen MR) is 111 cm³/mol. The van der Waals surface area contributed by atoms with E-state index in [1.807, 2.05) is 11.3 Å². The maximum atomic E-state index is 13.7. The molecule has 154 valence electrons. The van der Waals surface area contributed by atoms with E-state index in [9.17, 15) is 4.79 Å². The van der Waals surface area contributed by atoms with Gasteiger partial charge in [0, 0.05) is 13.1 Å². The minimum Gasteiger partial charge on any atom is -0.345 e. The Hall–Kier alpha value is -1.80. The van der Waals surface area contributed by atoms with E-state index >= 15 is 0 Å². The van der Waals surface area contributed by atoms with Crippen LogP contribution >= 0.6 is 11.3 Å². The number of piperidine rings is 1. The van der Waals surface area contributed by atoms with Crippen LogP contribution in [0.15, 0.2) is 30.3 Å². The fourth-order valence-electron chi connectivity index (χ4n) is 5.71. The van der Waals surface area contributed by atoms with E-state index in [1.165, 1.54) is 21.3 Å². The van der Waals surface area contributed by atoms with Gasteiger partial charge in [-0.1, -0.05) is 30.3 Å². The molecule has 3 aliphatic rings. The maximum Gasteiger partial charge on any atom is 0.425 e. The number of H-pyrrole nitrogens is 1. The van der Waals surface area contributed by atoms with Crippen molar-refractivity contribution in [3.05, 3.63) is 46.5 Å². The Morgan fingerprint density at radius 2 is 1.97 bits per heavy atom. The van der Waals surface area contributed by atoms with Crippen LogP contribution in [0.5, 0.6) is 0 Å². The van der Waals surface area contributed by atoms with Gasteiger partial charge in [-0.25, -0.2) is 0 Å². The Morgan fingerprint density at radius 1 is 1.21 bits per heavy atom. The summed E-state index contributed by atoms with van der Waals surface area (Å²) in [7, 11) is 2.09. The molecule has 1 spiro atoms. The van der Waals surface area contributed by atoms with Gasteiger partial charge in [-0.15, -0.1) is 4.98 Å². The topological polar surface area (TPSA) is 84.3 Å². The van der Waals surface area contributed by atoms with Crippen LogP contribution < -0.4 is 20.9 Å². The van der Waals surface area contributed by atoms with Gasteiger partial charge in [0.15, 0.2) is 6.54 Å². The summed E-state index contributed by atoms with van der Waals surface area (Å²) in [5, 5.41) is 8.15. The molecule has 1 amide bonds. The van der Waals surface area contributed by atoms with Crippen LogP contribution in [0.4, 0.5) is 5.13 Å². The fourth-order valence-corrected chi connectivity index (χ4v) is 7.00. The second kappa shape index (κ2) is 7.80. The molecule has 2 fully saturated rings. The smallest absolute Gasteiger partial charge is 0.345 e. The number of quaternary nitrogens is 3. The number of rotatable bonds is 3. The van der Waals surface area contributed by atoms with Crippen LogP contribution in [0.2, 0.25) is 0 Å². The molecule has 29 heavy (non-hydrogen) atoms. The van der Waals surface area contributed by atoms with Gasteiger partial charge in [0.2, 0.25) is 5.91 Å². The number of hydrogen-bond donors (Lipinski definition) is 3. The number of thiazole rings is 1. The van der Waals surface area contributed by atoms with Crippen molar-refractivity contribution in [1.82, 2.24) is 4.90 Å². The molecule has 7 heteroatoms. The molecule has 0 radical (unpaired) electrons. The molecule has 0 bridgehead atoms. The van der Waals surface area contributed by atoms with Crippen molar-refractivity contribution in [2.24, 2.45) is 5.92 Å². The van der Waals surface area contributed by atoms with E-state index in [0.29, 0.717) is 11.8 Å². The minimum absolute atomic E-state index is 0.0105. The van der Waals surface area contributed by atoms with E-state index in [-0.39, 0.29) is 11.3 Å². The summed E-state index contributed by atoms with van der Waals surface area (Å²) in [6.45, 7) is 5.78. The molecule has 0 unspecified atom stereocenters. The number of aromatic amines is 1. The number of aromatic nitrogens is 1. The van der Waals surface area contributed by atoms with E-state index in [4.69, 9.17) is 0 Å². The average molecular weight is 416 g/mol. The molecule has 0 aliphatic carbocycles. The molecule has 5 rings (SSSR count). The summed E-state index contributed by atoms with van der Waals surface area (Å²) in [5.41, 5.74) is 2.75. The van der Waals surface area contributed by atoms with Crippen LogP contribution in [-0.4, -0.2) is 50.6 Å². The SMILES string of the molecule is C[NH2+]c1[nH+]c2c(s1)[C@]1(C[NH2+]C2)C[NH2+]C[C@H]1C(=O)N1CCC(c2ccccc2)CC1. The number of amides is 1. The van der Waals surface area contributed by atoms with E-state index in [2.05, 4.69) is 63.2 Å². The molecule has 3 aliphatic heterocycles. The first-order chi connectivity index (χ1) is 14.2. The molecule has 2 atom stereocenters. The zero-order chi connectivity index (χ0) is 19.8. The fraction of sp³-hybridized carbons (Fsp3) is 0.545. The monoisotopic (exact) mass is 415 g/mol. The standard InChI is InChI=1S/C22H29N5OS/c1-23-21-26-18-12-25-14-22(19(18)29-21)13-24-11-17(22)20(28)27-9-7-16(8-10-27)15-5-3-2-4-6-15/h2-6,16-17,24-25H,7-14H2,1H3,(H,23,26)/p+4/t17-,22-/m0/s1. The average Bonchev–Trinajstić information content (AvgIpc) is 3.39. The summed E-state index contributed by atoms with van der Waals surface area (Å²) in [6.07, 6.45) is 2.16. The molecule has 4 heterocycles. The second-order valence-electron chi connectivity index (χ2n) is 8.83. The van der Waals surface area contributed by atoms with Gasteiger partial charge in [0.25, 0.3) is 5.69 Å². The lowest BCUT2D eigenvalue weighted by atomic mass is 9.73. The number of fused-ring (bicyclic) bond motifs is 2. The van der Waals surface area contributed by atoms with E-state index in [1.54, 1.807) is 0 Å². The third kappa shape index (κ3) is 3.30. The van der Waals surface area contributed by atoms with Crippen LogP contribution in [0.1, 0.15) is 34.9 Å². The zero-order valence-electron chi connectivity index (χ0n) is 17.2. The Balaban J connectivity index is 1.34. The molecule has 0 saturated carbocycles. The van der Waals surface area contributed by atoms with Gasteiger partial charge in [-0.3, -0.25) is 10.1 Å². The highest BCUT2D eigenvalue weighted by Gasteiger charge is 2.59. The van der Waals surface area contributed by atoms with Crippen LogP contribution in [0.3, 0.4) is 0 Å². The normalized spacial score (nSPS) is 27.3. The number of likely N-dealkylation sites (tertiary alicyclic amines) is 1. The molecule has 1 aromatic carbocycles. The third-order valence-electron chi connectivity index (χ3n) is 7.29. The molecular weight excluding hydrogens is 382 g/mol. The summed E-state index contributed by atoms with van der Waals surface area (Å²) < 4.78 is 0. The zero-order valence-corrected chi connectivity index (χ0v) is 18.0. The van der Waals surface area contributed by atoms with E-state index < -0.39 is 0 Å². The van der Waals surface area contributed by atoms with Crippen LogP contribution in [-0.2, 0) is 16.8 Å². The lowest BCUT2D eigenvalue weighted by Gasteiger charge is -2.37. The first-order valence-electron chi connectivity index (χ1n) is 11.0. The Morgan fingerprint density at radius 3 is 2.72 bits per heavy atom. The van der Waals surface area contributed by atoms with Crippen LogP contribution in [0.25, 0.3) is 0 Å². The molecule has 2 saturated heterocycles. The van der Waals surface area contributed by atoms with Crippen molar-refractivity contribution in [3.63, 3.8) is 0 Å². The Kier molecular flexibility index (Phi) is 5.16. The number of carbonyl (C=O) groups is 1. The summed E-state index contributed by atoms with van der Waals surface area (Å²) in [5.74, 6) is 1.08. The Labute approximate surface area is 176 Å². The lowest BCUT2D eigenvalue weighted by molar-refractivity contribution is -0.705. The molecule has 1 aromatic heterocycles. The molecular formula is C22H33N5OS+4. The minimum atomic E-state index is -0.0105. The quantitative estimate of drug-likeness (QED) is 0.549. The summed E-state index contributed by atoms with van der Waals surface area (Å²) in [6, 6.07) is 10.8. The van der Waals surface area contributed by atoms with Gasteiger partial charge >= 0.3 is 5.13 Å². The number of carbonyl (C=O) groups excluding carboxylic acids is 1. The van der Waals surface area contributed by atoms with Gasteiger partial charge in [-0.05, 0) is 35.7 Å². The first kappa shape index (κ1) is 19.2.